The van der Waals surface area contributed by atoms with Gasteiger partial charge in [0.05, 0.1) is 24.9 Å². The normalized spacial score (nSPS) is 28.1. The number of likely N-dealkylation sites (N-methyl/N-ethyl adjacent to an activating group) is 1. The van der Waals surface area contributed by atoms with E-state index in [0.717, 1.165) is 49.3 Å². The minimum Gasteiger partial charge on any atom is -0.379 e. The molecule has 1 atom stereocenters. The molecule has 116 valence electrons. The highest BCUT2D eigenvalue weighted by atomic mass is 32.2. The first kappa shape index (κ1) is 15.7. The van der Waals surface area contributed by atoms with Gasteiger partial charge in [-0.3, -0.25) is 4.79 Å². The zero-order chi connectivity index (χ0) is 14.8. The maximum Gasteiger partial charge on any atom is 0.238 e. The van der Waals surface area contributed by atoms with Crippen LogP contribution >= 0.6 is 0 Å². The largest absolute Gasteiger partial charge is 0.379 e. The Balaban J connectivity index is 2.10. The molecule has 0 radical (unpaired) electrons. The van der Waals surface area contributed by atoms with Gasteiger partial charge in [-0.25, -0.2) is 8.42 Å². The summed E-state index contributed by atoms with van der Waals surface area (Å²) in [5.41, 5.74) is -0.202. The van der Waals surface area contributed by atoms with E-state index in [1.54, 1.807) is 0 Å². The third-order valence-electron chi connectivity index (χ3n) is 4.37. The van der Waals surface area contributed by atoms with Crippen molar-refractivity contribution in [1.29, 1.82) is 0 Å². The molecule has 2 rings (SSSR count). The van der Waals surface area contributed by atoms with E-state index in [1.807, 2.05) is 4.90 Å². The van der Waals surface area contributed by atoms with Gasteiger partial charge in [0, 0.05) is 20.2 Å². The SMILES string of the molecule is CN(CC(=O)N1CCCCC12CCCOC2)S(C)(=O)=O. The van der Waals surface area contributed by atoms with Gasteiger partial charge in [0.25, 0.3) is 0 Å². The number of hydrogen-bond donors (Lipinski definition) is 0. The molecule has 2 saturated heterocycles. The van der Waals surface area contributed by atoms with Gasteiger partial charge < -0.3 is 9.64 Å². The molecule has 0 saturated carbocycles. The monoisotopic (exact) mass is 304 g/mol. The molecule has 0 aromatic carbocycles. The summed E-state index contributed by atoms with van der Waals surface area (Å²) in [5, 5.41) is 0. The molecule has 2 aliphatic heterocycles. The van der Waals surface area contributed by atoms with Crippen molar-refractivity contribution in [3.8, 4) is 0 Å². The van der Waals surface area contributed by atoms with Gasteiger partial charge in [-0.15, -0.1) is 0 Å². The van der Waals surface area contributed by atoms with Crippen molar-refractivity contribution in [1.82, 2.24) is 9.21 Å². The van der Waals surface area contributed by atoms with Crippen LogP contribution in [-0.2, 0) is 19.6 Å². The summed E-state index contributed by atoms with van der Waals surface area (Å²) >= 11 is 0. The number of likely N-dealkylation sites (tertiary alicyclic amines) is 1. The lowest BCUT2D eigenvalue weighted by atomic mass is 9.82. The highest BCUT2D eigenvalue weighted by Crippen LogP contribution is 2.35. The molecular weight excluding hydrogens is 280 g/mol. The molecule has 6 nitrogen and oxygen atoms in total. The molecule has 1 unspecified atom stereocenters. The second-order valence-corrected chi connectivity index (χ2v) is 7.99. The number of carbonyl (C=O) groups excluding carboxylic acids is 1. The predicted molar refractivity (Wildman–Crippen MR) is 75.8 cm³/mol. The zero-order valence-electron chi connectivity index (χ0n) is 12.3. The maximum absolute atomic E-state index is 12.5. The molecule has 2 heterocycles. The van der Waals surface area contributed by atoms with E-state index in [0.29, 0.717) is 13.2 Å². The molecule has 0 bridgehead atoms. The zero-order valence-corrected chi connectivity index (χ0v) is 13.1. The van der Waals surface area contributed by atoms with E-state index in [-0.39, 0.29) is 18.0 Å². The fraction of sp³-hybridized carbons (Fsp3) is 0.923. The summed E-state index contributed by atoms with van der Waals surface area (Å²) in [4.78, 5) is 14.4. The predicted octanol–water partition coefficient (Wildman–Crippen LogP) is 0.440. The first-order chi connectivity index (χ1) is 9.35. The number of sulfonamides is 1. The summed E-state index contributed by atoms with van der Waals surface area (Å²) in [6.45, 7) is 1.97. The van der Waals surface area contributed by atoms with Gasteiger partial charge in [-0.1, -0.05) is 0 Å². The van der Waals surface area contributed by atoms with E-state index < -0.39 is 10.0 Å². The average molecular weight is 304 g/mol. The number of carbonyl (C=O) groups is 1. The van der Waals surface area contributed by atoms with Crippen LogP contribution in [0.4, 0.5) is 0 Å². The fourth-order valence-electron chi connectivity index (χ4n) is 3.13. The van der Waals surface area contributed by atoms with Gasteiger partial charge in [-0.2, -0.15) is 4.31 Å². The molecule has 0 aliphatic carbocycles. The van der Waals surface area contributed by atoms with Crippen molar-refractivity contribution in [3.63, 3.8) is 0 Å². The lowest BCUT2D eigenvalue weighted by molar-refractivity contribution is -0.148. The number of amides is 1. The van der Waals surface area contributed by atoms with Crippen molar-refractivity contribution in [2.75, 3.05) is 39.6 Å². The Labute approximate surface area is 121 Å². The number of ether oxygens (including phenoxy) is 1. The summed E-state index contributed by atoms with van der Waals surface area (Å²) in [5.74, 6) is -0.108. The van der Waals surface area contributed by atoms with E-state index in [9.17, 15) is 13.2 Å². The molecule has 0 aromatic rings. The molecule has 7 heteroatoms. The number of hydrogen-bond acceptors (Lipinski definition) is 4. The van der Waals surface area contributed by atoms with Crippen molar-refractivity contribution >= 4 is 15.9 Å². The molecule has 1 spiro atoms. The number of nitrogens with zero attached hydrogens (tertiary/aromatic N) is 2. The average Bonchev–Trinajstić information content (AvgIpc) is 2.39. The van der Waals surface area contributed by atoms with Crippen LogP contribution in [0.25, 0.3) is 0 Å². The maximum atomic E-state index is 12.5. The fourth-order valence-corrected chi connectivity index (χ4v) is 3.47. The van der Waals surface area contributed by atoms with Crippen LogP contribution in [-0.4, -0.2) is 68.7 Å². The van der Waals surface area contributed by atoms with Crippen LogP contribution < -0.4 is 0 Å². The molecule has 0 aromatic heterocycles. The highest BCUT2D eigenvalue weighted by Gasteiger charge is 2.43. The number of piperidine rings is 1. The van der Waals surface area contributed by atoms with Crippen LogP contribution in [0, 0.1) is 0 Å². The second kappa shape index (κ2) is 5.99. The summed E-state index contributed by atoms with van der Waals surface area (Å²) in [7, 11) is -1.88. The van der Waals surface area contributed by atoms with Crippen LogP contribution in [0.15, 0.2) is 0 Å². The quantitative estimate of drug-likeness (QED) is 0.759. The summed E-state index contributed by atoms with van der Waals surface area (Å²) < 4.78 is 29.6. The first-order valence-electron chi connectivity index (χ1n) is 7.15. The minimum atomic E-state index is -3.32. The molecule has 0 N–H and O–H groups in total. The smallest absolute Gasteiger partial charge is 0.238 e. The Morgan fingerprint density at radius 2 is 2.00 bits per heavy atom. The Morgan fingerprint density at radius 1 is 1.30 bits per heavy atom. The molecular formula is C13H24N2O4S. The Hall–Kier alpha value is -0.660. The standard InChI is InChI=1S/C13H24N2O4S/c1-14(20(2,17)18)10-12(16)15-8-4-3-6-13(15)7-5-9-19-11-13/h3-11H2,1-2H3. The lowest BCUT2D eigenvalue weighted by Crippen LogP contribution is -2.60. The highest BCUT2D eigenvalue weighted by molar-refractivity contribution is 7.88. The van der Waals surface area contributed by atoms with Crippen LogP contribution in [0.3, 0.4) is 0 Å². The van der Waals surface area contributed by atoms with E-state index >= 15 is 0 Å². The van der Waals surface area contributed by atoms with E-state index in [2.05, 4.69) is 0 Å². The van der Waals surface area contributed by atoms with E-state index in [1.165, 1.54) is 7.05 Å². The number of rotatable bonds is 3. The molecule has 1 amide bonds. The van der Waals surface area contributed by atoms with Crippen LogP contribution in [0.5, 0.6) is 0 Å². The van der Waals surface area contributed by atoms with Crippen molar-refractivity contribution in [3.05, 3.63) is 0 Å². The molecule has 20 heavy (non-hydrogen) atoms. The third-order valence-corrected chi connectivity index (χ3v) is 5.63. The lowest BCUT2D eigenvalue weighted by Gasteiger charge is -2.49. The van der Waals surface area contributed by atoms with Crippen molar-refractivity contribution < 1.29 is 17.9 Å². The van der Waals surface area contributed by atoms with E-state index in [4.69, 9.17) is 4.74 Å². The third kappa shape index (κ3) is 3.32. The Bertz CT molecular complexity index is 449. The molecule has 2 fully saturated rings. The Kier molecular flexibility index (Phi) is 4.71. The Morgan fingerprint density at radius 3 is 2.60 bits per heavy atom. The van der Waals surface area contributed by atoms with Crippen LogP contribution in [0.2, 0.25) is 0 Å². The second-order valence-electron chi connectivity index (χ2n) is 5.90. The summed E-state index contributed by atoms with van der Waals surface area (Å²) in [6.07, 6.45) is 6.09. The van der Waals surface area contributed by atoms with Gasteiger partial charge >= 0.3 is 0 Å². The van der Waals surface area contributed by atoms with Crippen molar-refractivity contribution in [2.45, 2.75) is 37.6 Å². The summed E-state index contributed by atoms with van der Waals surface area (Å²) in [6, 6.07) is 0. The van der Waals surface area contributed by atoms with Crippen LogP contribution in [0.1, 0.15) is 32.1 Å². The topological polar surface area (TPSA) is 66.9 Å². The molecule has 2 aliphatic rings. The van der Waals surface area contributed by atoms with Gasteiger partial charge in [0.1, 0.15) is 0 Å². The minimum absolute atomic E-state index is 0.0828. The first-order valence-corrected chi connectivity index (χ1v) is 9.00. The van der Waals surface area contributed by atoms with Crippen molar-refractivity contribution in [2.24, 2.45) is 0 Å². The van der Waals surface area contributed by atoms with Gasteiger partial charge in [0.15, 0.2) is 0 Å². The van der Waals surface area contributed by atoms with Gasteiger partial charge in [-0.05, 0) is 32.1 Å². The van der Waals surface area contributed by atoms with Gasteiger partial charge in [0.2, 0.25) is 15.9 Å².